The monoisotopic (exact) mass is 413 g/mol. The number of nitrogens with zero attached hydrogens (tertiary/aromatic N) is 2. The molecule has 1 N–H and O–H groups in total. The first kappa shape index (κ1) is 20.5. The van der Waals surface area contributed by atoms with Gasteiger partial charge in [-0.1, -0.05) is 42.1 Å². The molecule has 5 nitrogen and oxygen atoms in total. The first-order chi connectivity index (χ1) is 13.3. The van der Waals surface area contributed by atoms with Crippen molar-refractivity contribution in [3.63, 3.8) is 0 Å². The minimum absolute atomic E-state index is 0.0493. The first-order valence-corrected chi connectivity index (χ1v) is 10.9. The maximum atomic E-state index is 12.5. The molecule has 28 heavy (non-hydrogen) atoms. The number of thiophene rings is 1. The molecule has 0 unspecified atom stereocenters. The Balaban J connectivity index is 1.69. The standard InChI is InChI=1S/C21H23N3O2S2/c1-12-14(3)28-21-19(12)20(22-15(4)23-21)27-11-18(26)24-17(13(2)25)10-16-8-6-5-7-9-16/h5-9,17H,10-11H2,1-4H3,(H,24,26)/t17-/m0/s1. The van der Waals surface area contributed by atoms with E-state index in [4.69, 9.17) is 0 Å². The van der Waals surface area contributed by atoms with Gasteiger partial charge in [0, 0.05) is 10.3 Å². The number of thioether (sulfide) groups is 1. The van der Waals surface area contributed by atoms with Gasteiger partial charge >= 0.3 is 0 Å². The van der Waals surface area contributed by atoms with E-state index in [0.717, 1.165) is 26.4 Å². The van der Waals surface area contributed by atoms with Crippen LogP contribution in [0.4, 0.5) is 0 Å². The molecule has 0 aliphatic rings. The van der Waals surface area contributed by atoms with Crippen molar-refractivity contribution in [3.05, 3.63) is 52.2 Å². The zero-order chi connectivity index (χ0) is 20.3. The predicted octanol–water partition coefficient (Wildman–Crippen LogP) is 4.03. The molecule has 1 atom stereocenters. The van der Waals surface area contributed by atoms with Crippen LogP contribution >= 0.6 is 23.1 Å². The Morgan fingerprint density at radius 2 is 1.86 bits per heavy atom. The number of fused-ring (bicyclic) bond motifs is 1. The molecular weight excluding hydrogens is 390 g/mol. The number of hydrogen-bond donors (Lipinski definition) is 1. The van der Waals surface area contributed by atoms with Gasteiger partial charge in [-0.2, -0.15) is 0 Å². The van der Waals surface area contributed by atoms with Crippen molar-refractivity contribution in [2.24, 2.45) is 0 Å². The summed E-state index contributed by atoms with van der Waals surface area (Å²) in [5.74, 6) is 0.683. The number of carbonyl (C=O) groups excluding carboxylic acids is 2. The fourth-order valence-corrected chi connectivity index (χ4v) is 5.02. The van der Waals surface area contributed by atoms with E-state index in [-0.39, 0.29) is 17.4 Å². The lowest BCUT2D eigenvalue weighted by Gasteiger charge is -2.16. The van der Waals surface area contributed by atoms with Gasteiger partial charge in [0.05, 0.1) is 11.8 Å². The Bertz CT molecular complexity index is 1020. The zero-order valence-electron chi connectivity index (χ0n) is 16.4. The van der Waals surface area contributed by atoms with Crippen molar-refractivity contribution in [1.29, 1.82) is 0 Å². The average Bonchev–Trinajstić information content (AvgIpc) is 2.93. The van der Waals surface area contributed by atoms with Crippen molar-refractivity contribution in [2.45, 2.75) is 45.2 Å². The lowest BCUT2D eigenvalue weighted by Crippen LogP contribution is -2.42. The lowest BCUT2D eigenvalue weighted by molar-refractivity contribution is -0.125. The molecule has 146 valence electrons. The van der Waals surface area contributed by atoms with Crippen LogP contribution in [0, 0.1) is 20.8 Å². The molecule has 0 radical (unpaired) electrons. The third-order valence-electron chi connectivity index (χ3n) is 4.56. The van der Waals surface area contributed by atoms with Crippen LogP contribution in [-0.2, 0) is 16.0 Å². The molecule has 3 aromatic rings. The zero-order valence-corrected chi connectivity index (χ0v) is 18.0. The van der Waals surface area contributed by atoms with Crippen LogP contribution < -0.4 is 5.32 Å². The summed E-state index contributed by atoms with van der Waals surface area (Å²) in [6.07, 6.45) is 0.492. The molecule has 2 heterocycles. The van der Waals surface area contributed by atoms with Gasteiger partial charge in [0.25, 0.3) is 0 Å². The van der Waals surface area contributed by atoms with E-state index in [0.29, 0.717) is 12.2 Å². The topological polar surface area (TPSA) is 72.0 Å². The molecule has 7 heteroatoms. The van der Waals surface area contributed by atoms with Crippen molar-refractivity contribution >= 4 is 45.0 Å². The SMILES string of the molecule is CC(=O)[C@H](Cc1ccccc1)NC(=O)CSc1nc(C)nc2sc(C)c(C)c12. The van der Waals surface area contributed by atoms with Crippen molar-refractivity contribution in [3.8, 4) is 0 Å². The number of carbonyl (C=O) groups is 2. The number of Topliss-reactive ketones (excluding diaryl/α,β-unsaturated/α-hetero) is 1. The number of rotatable bonds is 7. The van der Waals surface area contributed by atoms with Crippen LogP contribution in [-0.4, -0.2) is 33.5 Å². The highest BCUT2D eigenvalue weighted by atomic mass is 32.2. The number of ketones is 1. The Hall–Kier alpha value is -2.25. The second-order valence-electron chi connectivity index (χ2n) is 6.75. The number of aryl methyl sites for hydroxylation is 3. The van der Waals surface area contributed by atoms with E-state index in [9.17, 15) is 9.59 Å². The molecule has 0 aliphatic carbocycles. The van der Waals surface area contributed by atoms with E-state index in [2.05, 4.69) is 29.1 Å². The number of benzene rings is 1. The van der Waals surface area contributed by atoms with Crippen molar-refractivity contribution in [2.75, 3.05) is 5.75 Å². The van der Waals surface area contributed by atoms with E-state index in [1.54, 1.807) is 11.3 Å². The minimum atomic E-state index is -0.521. The molecule has 0 fully saturated rings. The summed E-state index contributed by atoms with van der Waals surface area (Å²) in [5.41, 5.74) is 2.18. The van der Waals surface area contributed by atoms with Crippen LogP contribution in [0.3, 0.4) is 0 Å². The number of amides is 1. The maximum absolute atomic E-state index is 12.5. The van der Waals surface area contributed by atoms with Gasteiger partial charge in [-0.3, -0.25) is 9.59 Å². The summed E-state index contributed by atoms with van der Waals surface area (Å²) in [6, 6.07) is 9.18. The van der Waals surface area contributed by atoms with E-state index < -0.39 is 6.04 Å². The van der Waals surface area contributed by atoms with Crippen molar-refractivity contribution in [1.82, 2.24) is 15.3 Å². The molecule has 0 spiro atoms. The molecule has 0 saturated carbocycles. The number of aromatic nitrogens is 2. The molecule has 2 aromatic heterocycles. The largest absolute Gasteiger partial charge is 0.345 e. The first-order valence-electron chi connectivity index (χ1n) is 9.06. The fraction of sp³-hybridized carbons (Fsp3) is 0.333. The van der Waals surface area contributed by atoms with Gasteiger partial charge in [-0.25, -0.2) is 9.97 Å². The highest BCUT2D eigenvalue weighted by Crippen LogP contribution is 2.34. The summed E-state index contributed by atoms with van der Waals surface area (Å²) in [5, 5.41) is 4.72. The molecular formula is C21H23N3O2S2. The number of nitrogens with one attached hydrogen (secondary N) is 1. The van der Waals surface area contributed by atoms with Gasteiger partial charge in [-0.05, 0) is 45.2 Å². The fourth-order valence-electron chi connectivity index (χ4n) is 2.93. The third-order valence-corrected chi connectivity index (χ3v) is 6.63. The third kappa shape index (κ3) is 4.77. The molecule has 3 rings (SSSR count). The van der Waals surface area contributed by atoms with Gasteiger partial charge in [0.1, 0.15) is 15.7 Å². The highest BCUT2D eigenvalue weighted by Gasteiger charge is 2.19. The molecule has 1 aromatic carbocycles. The summed E-state index contributed by atoms with van der Waals surface area (Å²) in [7, 11) is 0. The average molecular weight is 414 g/mol. The maximum Gasteiger partial charge on any atom is 0.231 e. The lowest BCUT2D eigenvalue weighted by atomic mass is 10.0. The van der Waals surface area contributed by atoms with Gasteiger partial charge in [0.2, 0.25) is 5.91 Å². The minimum Gasteiger partial charge on any atom is -0.345 e. The van der Waals surface area contributed by atoms with E-state index in [1.807, 2.05) is 37.3 Å². The van der Waals surface area contributed by atoms with Crippen LogP contribution in [0.1, 0.15) is 28.8 Å². The Labute approximate surface area is 173 Å². The summed E-state index contributed by atoms with van der Waals surface area (Å²) >= 11 is 3.04. The summed E-state index contributed by atoms with van der Waals surface area (Å²) in [4.78, 5) is 35.7. The second-order valence-corrected chi connectivity index (χ2v) is 8.92. The van der Waals surface area contributed by atoms with Crippen LogP contribution in [0.25, 0.3) is 10.2 Å². The highest BCUT2D eigenvalue weighted by molar-refractivity contribution is 8.00. The summed E-state index contributed by atoms with van der Waals surface area (Å²) < 4.78 is 0. The Morgan fingerprint density at radius 1 is 1.14 bits per heavy atom. The van der Waals surface area contributed by atoms with Crippen LogP contribution in [0.15, 0.2) is 35.4 Å². The predicted molar refractivity (Wildman–Crippen MR) is 115 cm³/mol. The summed E-state index contributed by atoms with van der Waals surface area (Å²) in [6.45, 7) is 7.50. The Morgan fingerprint density at radius 3 is 2.54 bits per heavy atom. The molecule has 0 aliphatic heterocycles. The number of hydrogen-bond acceptors (Lipinski definition) is 6. The normalized spacial score (nSPS) is 12.1. The molecule has 0 saturated heterocycles. The molecule has 1 amide bonds. The van der Waals surface area contributed by atoms with E-state index >= 15 is 0 Å². The van der Waals surface area contributed by atoms with Gasteiger partial charge < -0.3 is 5.32 Å². The van der Waals surface area contributed by atoms with Crippen LogP contribution in [0.5, 0.6) is 0 Å². The van der Waals surface area contributed by atoms with E-state index in [1.165, 1.54) is 23.6 Å². The van der Waals surface area contributed by atoms with Crippen LogP contribution in [0.2, 0.25) is 0 Å². The van der Waals surface area contributed by atoms with Crippen molar-refractivity contribution < 1.29 is 9.59 Å². The molecule has 0 bridgehead atoms. The smallest absolute Gasteiger partial charge is 0.231 e. The van der Waals surface area contributed by atoms with Gasteiger partial charge in [0.15, 0.2) is 5.78 Å². The van der Waals surface area contributed by atoms with Gasteiger partial charge in [-0.15, -0.1) is 11.3 Å². The quantitative estimate of drug-likeness (QED) is 0.468. The second kappa shape index (κ2) is 8.84. The Kier molecular flexibility index (Phi) is 6.46.